The van der Waals surface area contributed by atoms with Crippen LogP contribution in [0.3, 0.4) is 0 Å². The summed E-state index contributed by atoms with van der Waals surface area (Å²) in [6.07, 6.45) is 4.13. The minimum Gasteiger partial charge on any atom is -0.356 e. The molecule has 0 aliphatic heterocycles. The average molecular weight is 281 g/mol. The molecule has 0 aliphatic rings. The molecular weight excluding hydrogens is 254 g/mol. The molecule has 0 fully saturated rings. The van der Waals surface area contributed by atoms with Gasteiger partial charge in [0, 0.05) is 37.6 Å². The Labute approximate surface area is 122 Å². The summed E-state index contributed by atoms with van der Waals surface area (Å²) >= 11 is 1.87. The highest BCUT2D eigenvalue weighted by atomic mass is 32.2. The van der Waals surface area contributed by atoms with Crippen molar-refractivity contribution < 1.29 is 0 Å². The summed E-state index contributed by atoms with van der Waals surface area (Å²) in [6.45, 7) is 9.59. The molecule has 0 spiro atoms. The molecule has 0 aliphatic carbocycles. The van der Waals surface area contributed by atoms with Gasteiger partial charge in [0.2, 0.25) is 0 Å². The predicted octanol–water partition coefficient (Wildman–Crippen LogP) is 3.08. The van der Waals surface area contributed by atoms with Crippen LogP contribution in [0.15, 0.2) is 12.3 Å². The van der Waals surface area contributed by atoms with Crippen LogP contribution in [0.25, 0.3) is 0 Å². The molecule has 1 rings (SSSR count). The molecule has 1 atom stereocenters. The Hall–Kier alpha value is -0.740. The molecule has 1 N–H and O–H groups in total. The lowest BCUT2D eigenvalue weighted by Crippen LogP contribution is -2.32. The van der Waals surface area contributed by atoms with Crippen molar-refractivity contribution in [2.24, 2.45) is 0 Å². The Balaban J connectivity index is 2.76. The molecule has 0 saturated heterocycles. The van der Waals surface area contributed by atoms with Gasteiger partial charge in [-0.1, -0.05) is 13.8 Å². The van der Waals surface area contributed by atoms with Gasteiger partial charge in [-0.25, -0.2) is 4.98 Å². The molecule has 4 heteroatoms. The smallest absolute Gasteiger partial charge is 0.131 e. The molecule has 0 saturated carbocycles. The van der Waals surface area contributed by atoms with Crippen LogP contribution < -0.4 is 10.2 Å². The number of nitrogens with one attached hydrogen (secondary N) is 1. The summed E-state index contributed by atoms with van der Waals surface area (Å²) in [7, 11) is 2.13. The van der Waals surface area contributed by atoms with Crippen LogP contribution in [0.4, 0.5) is 5.82 Å². The molecule has 0 aromatic carbocycles. The van der Waals surface area contributed by atoms with Crippen LogP contribution in [0.2, 0.25) is 0 Å². The second-order valence-electron chi connectivity index (χ2n) is 5.43. The molecule has 1 aromatic rings. The highest BCUT2D eigenvalue weighted by Gasteiger charge is 2.13. The Bertz CT molecular complexity index is 393. The zero-order valence-electron chi connectivity index (χ0n) is 13.0. The highest BCUT2D eigenvalue weighted by Crippen LogP contribution is 2.19. The Morgan fingerprint density at radius 1 is 1.37 bits per heavy atom. The van der Waals surface area contributed by atoms with Gasteiger partial charge in [-0.15, -0.1) is 0 Å². The summed E-state index contributed by atoms with van der Waals surface area (Å²) in [4.78, 5) is 6.91. The van der Waals surface area contributed by atoms with Gasteiger partial charge in [0.1, 0.15) is 5.82 Å². The standard InChI is InChI=1S/C15H27N3S/c1-11(2)16-8-14-7-12(3)15(17-9-14)18(5)13(4)10-19-6/h7,9,11,13,16H,8,10H2,1-6H3. The van der Waals surface area contributed by atoms with E-state index in [0.29, 0.717) is 12.1 Å². The van der Waals surface area contributed by atoms with Gasteiger partial charge in [0.15, 0.2) is 0 Å². The van der Waals surface area contributed by atoms with Crippen molar-refractivity contribution in [3.8, 4) is 0 Å². The molecule has 0 radical (unpaired) electrons. The van der Waals surface area contributed by atoms with E-state index in [9.17, 15) is 0 Å². The number of hydrogen-bond acceptors (Lipinski definition) is 4. The van der Waals surface area contributed by atoms with Crippen molar-refractivity contribution in [1.29, 1.82) is 0 Å². The third-order valence-electron chi connectivity index (χ3n) is 3.22. The fourth-order valence-corrected chi connectivity index (χ4v) is 2.68. The topological polar surface area (TPSA) is 28.2 Å². The van der Waals surface area contributed by atoms with Crippen molar-refractivity contribution in [3.63, 3.8) is 0 Å². The van der Waals surface area contributed by atoms with Crippen molar-refractivity contribution in [2.75, 3.05) is 24.0 Å². The summed E-state index contributed by atoms with van der Waals surface area (Å²) in [6, 6.07) is 3.24. The SMILES string of the molecule is CSCC(C)N(C)c1ncc(CNC(C)C)cc1C. The minimum absolute atomic E-state index is 0.501. The van der Waals surface area contributed by atoms with E-state index in [1.54, 1.807) is 0 Å². The number of aromatic nitrogens is 1. The van der Waals surface area contributed by atoms with Gasteiger partial charge >= 0.3 is 0 Å². The van der Waals surface area contributed by atoms with E-state index in [2.05, 4.69) is 62.3 Å². The minimum atomic E-state index is 0.501. The number of pyridine rings is 1. The second-order valence-corrected chi connectivity index (χ2v) is 6.35. The fourth-order valence-electron chi connectivity index (χ4n) is 1.98. The monoisotopic (exact) mass is 281 g/mol. The Morgan fingerprint density at radius 3 is 2.58 bits per heavy atom. The highest BCUT2D eigenvalue weighted by molar-refractivity contribution is 7.98. The maximum atomic E-state index is 4.64. The fraction of sp³-hybridized carbons (Fsp3) is 0.667. The van der Waals surface area contributed by atoms with E-state index in [-0.39, 0.29) is 0 Å². The van der Waals surface area contributed by atoms with Crippen molar-refractivity contribution >= 4 is 17.6 Å². The van der Waals surface area contributed by atoms with Crippen LogP contribution >= 0.6 is 11.8 Å². The largest absolute Gasteiger partial charge is 0.356 e. The van der Waals surface area contributed by atoms with E-state index in [4.69, 9.17) is 0 Å². The number of anilines is 1. The van der Waals surface area contributed by atoms with Gasteiger partial charge in [-0.3, -0.25) is 0 Å². The Kier molecular flexibility index (Phi) is 6.66. The maximum absolute atomic E-state index is 4.64. The molecular formula is C15H27N3S. The van der Waals surface area contributed by atoms with Crippen LogP contribution in [0.1, 0.15) is 31.9 Å². The van der Waals surface area contributed by atoms with Gasteiger partial charge in [-0.2, -0.15) is 11.8 Å². The molecule has 19 heavy (non-hydrogen) atoms. The van der Waals surface area contributed by atoms with E-state index >= 15 is 0 Å². The van der Waals surface area contributed by atoms with Gasteiger partial charge < -0.3 is 10.2 Å². The van der Waals surface area contributed by atoms with Crippen LogP contribution in [0, 0.1) is 6.92 Å². The number of rotatable bonds is 7. The maximum Gasteiger partial charge on any atom is 0.131 e. The second kappa shape index (κ2) is 7.75. The van der Waals surface area contributed by atoms with Crippen molar-refractivity contribution in [2.45, 2.75) is 46.3 Å². The number of aryl methyl sites for hydroxylation is 1. The summed E-state index contributed by atoms with van der Waals surface area (Å²) in [5, 5.41) is 3.42. The molecule has 1 heterocycles. The van der Waals surface area contributed by atoms with Crippen LogP contribution in [-0.4, -0.2) is 36.1 Å². The third-order valence-corrected chi connectivity index (χ3v) is 4.04. The zero-order chi connectivity index (χ0) is 14.4. The number of thioether (sulfide) groups is 1. The lowest BCUT2D eigenvalue weighted by atomic mass is 10.1. The summed E-state index contributed by atoms with van der Waals surface area (Å²) < 4.78 is 0. The molecule has 1 unspecified atom stereocenters. The van der Waals surface area contributed by atoms with Gasteiger partial charge in [-0.05, 0) is 37.3 Å². The molecule has 1 aromatic heterocycles. The summed E-state index contributed by atoms with van der Waals surface area (Å²) in [5.74, 6) is 2.21. The third kappa shape index (κ3) is 5.03. The normalized spacial score (nSPS) is 12.8. The Morgan fingerprint density at radius 2 is 2.05 bits per heavy atom. The molecule has 3 nitrogen and oxygen atoms in total. The molecule has 0 amide bonds. The van der Waals surface area contributed by atoms with Gasteiger partial charge in [0.05, 0.1) is 0 Å². The lowest BCUT2D eigenvalue weighted by molar-refractivity contribution is 0.587. The van der Waals surface area contributed by atoms with Crippen molar-refractivity contribution in [3.05, 3.63) is 23.4 Å². The van der Waals surface area contributed by atoms with E-state index in [0.717, 1.165) is 18.1 Å². The van der Waals surface area contributed by atoms with Crippen molar-refractivity contribution in [1.82, 2.24) is 10.3 Å². The van der Waals surface area contributed by atoms with Crippen LogP contribution in [-0.2, 0) is 6.54 Å². The lowest BCUT2D eigenvalue weighted by Gasteiger charge is -2.27. The predicted molar refractivity (Wildman–Crippen MR) is 87.2 cm³/mol. The first kappa shape index (κ1) is 16.3. The van der Waals surface area contributed by atoms with Crippen LogP contribution in [0.5, 0.6) is 0 Å². The quantitative estimate of drug-likeness (QED) is 0.831. The molecule has 108 valence electrons. The van der Waals surface area contributed by atoms with E-state index in [1.807, 2.05) is 18.0 Å². The molecule has 0 bridgehead atoms. The first-order valence-electron chi connectivity index (χ1n) is 6.86. The first-order chi connectivity index (χ1) is 8.95. The van der Waals surface area contributed by atoms with E-state index < -0.39 is 0 Å². The number of hydrogen-bond donors (Lipinski definition) is 1. The number of nitrogens with zero attached hydrogens (tertiary/aromatic N) is 2. The summed E-state index contributed by atoms with van der Waals surface area (Å²) in [5.41, 5.74) is 2.50. The average Bonchev–Trinajstić information content (AvgIpc) is 2.36. The zero-order valence-corrected chi connectivity index (χ0v) is 13.8. The van der Waals surface area contributed by atoms with E-state index in [1.165, 1.54) is 11.1 Å². The first-order valence-corrected chi connectivity index (χ1v) is 8.25. The van der Waals surface area contributed by atoms with Gasteiger partial charge in [0.25, 0.3) is 0 Å².